The zero-order valence-corrected chi connectivity index (χ0v) is 19.0. The Morgan fingerprint density at radius 1 is 0.886 bits per heavy atom. The van der Waals surface area contributed by atoms with Crippen molar-refractivity contribution in [3.8, 4) is 0 Å². The van der Waals surface area contributed by atoms with E-state index in [9.17, 15) is 22.8 Å². The number of urea groups is 1. The van der Waals surface area contributed by atoms with Crippen LogP contribution in [0.5, 0.6) is 0 Å². The Kier molecular flexibility index (Phi) is 5.86. The number of amides is 3. The number of nitrogens with one attached hydrogen (secondary N) is 1. The Hall–Kier alpha value is -3.62. The minimum absolute atomic E-state index is 0.00616. The molecular weight excluding hydrogens is 457 g/mol. The van der Waals surface area contributed by atoms with Gasteiger partial charge in [-0.1, -0.05) is 12.1 Å². The fourth-order valence-electron chi connectivity index (χ4n) is 5.11. The Morgan fingerprint density at radius 2 is 1.57 bits per heavy atom. The summed E-state index contributed by atoms with van der Waals surface area (Å²) in [6, 6.07) is 13.4. The number of anilines is 1. The summed E-state index contributed by atoms with van der Waals surface area (Å²) < 4.78 is 38.3. The minimum Gasteiger partial charge on any atom is -0.339 e. The summed E-state index contributed by atoms with van der Waals surface area (Å²) in [5.74, 6) is -0.00616. The van der Waals surface area contributed by atoms with Gasteiger partial charge in [-0.3, -0.25) is 9.78 Å². The van der Waals surface area contributed by atoms with Gasteiger partial charge in [0, 0.05) is 49.0 Å². The van der Waals surface area contributed by atoms with Crippen LogP contribution in [0.25, 0.3) is 10.9 Å². The van der Waals surface area contributed by atoms with E-state index in [0.717, 1.165) is 42.3 Å². The van der Waals surface area contributed by atoms with E-state index in [1.807, 2.05) is 35.2 Å². The molecule has 2 aliphatic heterocycles. The third-order valence-corrected chi connectivity index (χ3v) is 7.18. The molecule has 6 nitrogen and oxygen atoms in total. The standard InChI is InChI=1S/C26H25F3N4O2/c27-26(28,29)18-6-8-19(9-7-18)31-24(35)33-16-12-25(17-33)10-14-32(15-11-25)23(34)21-3-1-5-22-20(21)4-2-13-30-22/h1-9,13H,10-12,14-17H2,(H,31,35). The lowest BCUT2D eigenvalue weighted by Gasteiger charge is -2.39. The molecule has 3 heterocycles. The van der Waals surface area contributed by atoms with E-state index in [1.54, 1.807) is 11.1 Å². The topological polar surface area (TPSA) is 65.5 Å². The predicted octanol–water partition coefficient (Wildman–Crippen LogP) is 5.41. The Bertz CT molecular complexity index is 1250. The number of likely N-dealkylation sites (tertiary alicyclic amines) is 2. The maximum absolute atomic E-state index is 13.2. The third kappa shape index (κ3) is 4.67. The second kappa shape index (κ2) is 8.87. The number of hydrogen-bond acceptors (Lipinski definition) is 3. The lowest BCUT2D eigenvalue weighted by atomic mass is 9.77. The number of benzene rings is 2. The zero-order valence-electron chi connectivity index (χ0n) is 19.0. The summed E-state index contributed by atoms with van der Waals surface area (Å²) in [6.07, 6.45) is -0.267. The Morgan fingerprint density at radius 3 is 2.26 bits per heavy atom. The number of carbonyl (C=O) groups excluding carboxylic acids is 2. The molecular formula is C26H25F3N4O2. The van der Waals surface area contributed by atoms with Gasteiger partial charge in [0.05, 0.1) is 11.1 Å². The molecule has 0 radical (unpaired) electrons. The SMILES string of the molecule is O=C(Nc1ccc(C(F)(F)F)cc1)N1CCC2(CCN(C(=O)c3cccc4ncccc34)CC2)C1. The molecule has 3 aromatic rings. The molecule has 0 bridgehead atoms. The molecule has 1 spiro atoms. The number of rotatable bonds is 2. The lowest BCUT2D eigenvalue weighted by molar-refractivity contribution is -0.137. The molecule has 2 aromatic carbocycles. The monoisotopic (exact) mass is 482 g/mol. The first kappa shape index (κ1) is 23.1. The molecule has 0 unspecified atom stereocenters. The number of aromatic nitrogens is 1. The van der Waals surface area contributed by atoms with Crippen molar-refractivity contribution in [3.05, 3.63) is 71.9 Å². The van der Waals surface area contributed by atoms with E-state index < -0.39 is 11.7 Å². The molecule has 2 aliphatic rings. The van der Waals surface area contributed by atoms with Crippen molar-refractivity contribution in [1.82, 2.24) is 14.8 Å². The van der Waals surface area contributed by atoms with E-state index in [0.29, 0.717) is 37.4 Å². The van der Waals surface area contributed by atoms with E-state index in [4.69, 9.17) is 0 Å². The summed E-state index contributed by atoms with van der Waals surface area (Å²) in [7, 11) is 0. The quantitative estimate of drug-likeness (QED) is 0.531. The largest absolute Gasteiger partial charge is 0.416 e. The summed E-state index contributed by atoms with van der Waals surface area (Å²) in [5, 5.41) is 3.54. The fraction of sp³-hybridized carbons (Fsp3) is 0.346. The molecule has 182 valence electrons. The second-order valence-corrected chi connectivity index (χ2v) is 9.34. The van der Waals surface area contributed by atoms with Gasteiger partial charge in [0.2, 0.25) is 0 Å². The number of fused-ring (bicyclic) bond motifs is 1. The smallest absolute Gasteiger partial charge is 0.339 e. The van der Waals surface area contributed by atoms with Crippen LogP contribution in [0.1, 0.15) is 35.2 Å². The number of pyridine rings is 1. The number of hydrogen-bond donors (Lipinski definition) is 1. The number of piperidine rings is 1. The average molecular weight is 483 g/mol. The summed E-state index contributed by atoms with van der Waals surface area (Å²) in [4.78, 5) is 33.9. The van der Waals surface area contributed by atoms with Gasteiger partial charge in [0.25, 0.3) is 5.91 Å². The summed E-state index contributed by atoms with van der Waals surface area (Å²) in [6.45, 7) is 2.38. The van der Waals surface area contributed by atoms with Crippen molar-refractivity contribution in [3.63, 3.8) is 0 Å². The average Bonchev–Trinajstić information content (AvgIpc) is 3.27. The summed E-state index contributed by atoms with van der Waals surface area (Å²) >= 11 is 0. The van der Waals surface area contributed by atoms with Gasteiger partial charge in [0.1, 0.15) is 0 Å². The summed E-state index contributed by atoms with van der Waals surface area (Å²) in [5.41, 5.74) is 0.965. The predicted molar refractivity (Wildman–Crippen MR) is 126 cm³/mol. The molecule has 9 heteroatoms. The van der Waals surface area contributed by atoms with Crippen LogP contribution in [-0.4, -0.2) is 52.9 Å². The van der Waals surface area contributed by atoms with Crippen LogP contribution < -0.4 is 5.32 Å². The maximum Gasteiger partial charge on any atom is 0.416 e. The number of nitrogens with zero attached hydrogens (tertiary/aromatic N) is 3. The van der Waals surface area contributed by atoms with E-state index in [2.05, 4.69) is 10.3 Å². The van der Waals surface area contributed by atoms with E-state index >= 15 is 0 Å². The highest BCUT2D eigenvalue weighted by atomic mass is 19.4. The maximum atomic E-state index is 13.2. The fourth-order valence-corrected chi connectivity index (χ4v) is 5.11. The highest BCUT2D eigenvalue weighted by molar-refractivity contribution is 6.06. The van der Waals surface area contributed by atoms with Crippen molar-refractivity contribution in [2.75, 3.05) is 31.5 Å². The van der Waals surface area contributed by atoms with Crippen molar-refractivity contribution in [2.45, 2.75) is 25.4 Å². The molecule has 0 atom stereocenters. The Labute approximate surface area is 200 Å². The van der Waals surface area contributed by atoms with Crippen molar-refractivity contribution in [2.24, 2.45) is 5.41 Å². The lowest BCUT2D eigenvalue weighted by Crippen LogP contribution is -2.45. The van der Waals surface area contributed by atoms with Gasteiger partial charge in [-0.2, -0.15) is 13.2 Å². The molecule has 0 saturated carbocycles. The van der Waals surface area contributed by atoms with Gasteiger partial charge < -0.3 is 15.1 Å². The van der Waals surface area contributed by atoms with Crippen LogP contribution >= 0.6 is 0 Å². The minimum atomic E-state index is -4.41. The van der Waals surface area contributed by atoms with Crippen molar-refractivity contribution < 1.29 is 22.8 Å². The zero-order chi connectivity index (χ0) is 24.6. The van der Waals surface area contributed by atoms with Crippen molar-refractivity contribution >= 4 is 28.5 Å². The number of halogens is 3. The third-order valence-electron chi connectivity index (χ3n) is 7.18. The molecule has 2 fully saturated rings. The highest BCUT2D eigenvalue weighted by Gasteiger charge is 2.43. The molecule has 2 saturated heterocycles. The molecule has 5 rings (SSSR count). The van der Waals surface area contributed by atoms with Crippen LogP contribution in [0.2, 0.25) is 0 Å². The van der Waals surface area contributed by atoms with Crippen LogP contribution in [0.15, 0.2) is 60.8 Å². The van der Waals surface area contributed by atoms with Crippen LogP contribution in [0, 0.1) is 5.41 Å². The molecule has 0 aliphatic carbocycles. The molecule has 3 amide bonds. The first-order chi connectivity index (χ1) is 16.7. The second-order valence-electron chi connectivity index (χ2n) is 9.34. The molecule has 35 heavy (non-hydrogen) atoms. The van der Waals surface area contributed by atoms with Crippen LogP contribution in [0.3, 0.4) is 0 Å². The Balaban J connectivity index is 1.19. The molecule has 1 N–H and O–H groups in total. The normalized spacial score (nSPS) is 17.7. The van der Waals surface area contributed by atoms with Gasteiger partial charge in [-0.05, 0) is 67.1 Å². The highest BCUT2D eigenvalue weighted by Crippen LogP contribution is 2.41. The van der Waals surface area contributed by atoms with Crippen LogP contribution in [0.4, 0.5) is 23.7 Å². The molecule has 1 aromatic heterocycles. The van der Waals surface area contributed by atoms with Crippen LogP contribution in [-0.2, 0) is 6.18 Å². The van der Waals surface area contributed by atoms with Gasteiger partial charge >= 0.3 is 12.2 Å². The van der Waals surface area contributed by atoms with Gasteiger partial charge in [-0.15, -0.1) is 0 Å². The first-order valence-electron chi connectivity index (χ1n) is 11.6. The van der Waals surface area contributed by atoms with E-state index in [1.165, 1.54) is 12.1 Å². The number of alkyl halides is 3. The van der Waals surface area contributed by atoms with E-state index in [-0.39, 0.29) is 17.4 Å². The van der Waals surface area contributed by atoms with Gasteiger partial charge in [-0.25, -0.2) is 4.79 Å². The van der Waals surface area contributed by atoms with Crippen molar-refractivity contribution in [1.29, 1.82) is 0 Å². The van der Waals surface area contributed by atoms with Gasteiger partial charge in [0.15, 0.2) is 0 Å². The first-order valence-corrected chi connectivity index (χ1v) is 11.6. The number of carbonyl (C=O) groups is 2.